The molecule has 2 saturated carbocycles. The van der Waals surface area contributed by atoms with E-state index in [1.807, 2.05) is 0 Å². The molecule has 0 aliphatic heterocycles. The minimum Gasteiger partial charge on any atom is -0.299 e. The molecule has 2 fully saturated rings. The summed E-state index contributed by atoms with van der Waals surface area (Å²) < 4.78 is 0. The molecule has 0 spiro atoms. The highest BCUT2D eigenvalue weighted by atomic mass is 16.1. The van der Waals surface area contributed by atoms with Crippen LogP contribution in [-0.2, 0) is 4.79 Å². The third kappa shape index (κ3) is 1.95. The lowest BCUT2D eigenvalue weighted by Crippen LogP contribution is -2.24. The summed E-state index contributed by atoms with van der Waals surface area (Å²) >= 11 is 0. The van der Waals surface area contributed by atoms with Crippen molar-refractivity contribution in [3.63, 3.8) is 0 Å². The van der Waals surface area contributed by atoms with E-state index in [2.05, 4.69) is 13.3 Å². The van der Waals surface area contributed by atoms with Gasteiger partial charge in [0.25, 0.3) is 0 Å². The molecule has 2 rings (SSSR count). The van der Waals surface area contributed by atoms with Gasteiger partial charge in [-0.15, -0.1) is 0 Å². The third-order valence-electron chi connectivity index (χ3n) is 3.70. The molecule has 1 nitrogen and oxygen atoms in total. The molecule has 3 unspecified atom stereocenters. The maximum Gasteiger partial charge on any atom is 0.136 e. The number of hydrogen-bond donors (Lipinski definition) is 0. The Labute approximate surface area is 80.9 Å². The van der Waals surface area contributed by atoms with Gasteiger partial charge in [-0.2, -0.15) is 0 Å². The van der Waals surface area contributed by atoms with Gasteiger partial charge in [-0.25, -0.2) is 0 Å². The van der Waals surface area contributed by atoms with Crippen LogP contribution in [0.1, 0.15) is 45.4 Å². The number of carbonyl (C=O) groups excluding carboxylic acids is 1. The van der Waals surface area contributed by atoms with Crippen molar-refractivity contribution >= 4 is 5.78 Å². The summed E-state index contributed by atoms with van der Waals surface area (Å²) in [4.78, 5) is 11.5. The van der Waals surface area contributed by atoms with Crippen LogP contribution in [0.5, 0.6) is 0 Å². The molecule has 0 heterocycles. The summed E-state index contributed by atoms with van der Waals surface area (Å²) in [6, 6.07) is 0. The molecule has 3 atom stereocenters. The zero-order valence-electron chi connectivity index (χ0n) is 8.46. The van der Waals surface area contributed by atoms with Crippen LogP contribution in [0, 0.1) is 24.2 Å². The largest absolute Gasteiger partial charge is 0.299 e. The van der Waals surface area contributed by atoms with Gasteiger partial charge in [0.15, 0.2) is 0 Å². The predicted molar refractivity (Wildman–Crippen MR) is 53.2 cm³/mol. The molecule has 0 amide bonds. The van der Waals surface area contributed by atoms with Crippen molar-refractivity contribution in [3.8, 4) is 0 Å². The van der Waals surface area contributed by atoms with E-state index in [4.69, 9.17) is 0 Å². The van der Waals surface area contributed by atoms with Crippen LogP contribution < -0.4 is 0 Å². The van der Waals surface area contributed by atoms with Crippen LogP contribution in [0.2, 0.25) is 0 Å². The van der Waals surface area contributed by atoms with Crippen LogP contribution in [0.25, 0.3) is 0 Å². The predicted octanol–water partition coefficient (Wildman–Crippen LogP) is 3.00. The molecule has 0 aromatic carbocycles. The van der Waals surface area contributed by atoms with Gasteiger partial charge in [0.2, 0.25) is 0 Å². The monoisotopic (exact) mass is 179 g/mol. The van der Waals surface area contributed by atoms with E-state index < -0.39 is 0 Å². The average Bonchev–Trinajstić information content (AvgIpc) is 2.53. The van der Waals surface area contributed by atoms with Crippen LogP contribution in [0.15, 0.2) is 0 Å². The van der Waals surface area contributed by atoms with Crippen LogP contribution in [0.3, 0.4) is 0 Å². The second-order valence-corrected chi connectivity index (χ2v) is 4.78. The fraction of sp³-hybridized carbons (Fsp3) is 0.833. The lowest BCUT2D eigenvalue weighted by Gasteiger charge is -2.29. The molecule has 0 saturated heterocycles. The zero-order chi connectivity index (χ0) is 9.26. The molecular weight excluding hydrogens is 160 g/mol. The second kappa shape index (κ2) is 3.81. The van der Waals surface area contributed by atoms with Crippen molar-refractivity contribution in [2.45, 2.75) is 45.4 Å². The fourth-order valence-corrected chi connectivity index (χ4v) is 2.78. The Morgan fingerprint density at radius 2 is 2.15 bits per heavy atom. The summed E-state index contributed by atoms with van der Waals surface area (Å²) in [5, 5.41) is 0. The van der Waals surface area contributed by atoms with Crippen molar-refractivity contribution in [3.05, 3.63) is 6.42 Å². The molecule has 1 radical (unpaired) electrons. The summed E-state index contributed by atoms with van der Waals surface area (Å²) in [5.74, 6) is 2.43. The van der Waals surface area contributed by atoms with Gasteiger partial charge < -0.3 is 0 Å². The van der Waals surface area contributed by atoms with Crippen LogP contribution in [-0.4, -0.2) is 5.78 Å². The molecule has 2 aliphatic rings. The van der Waals surface area contributed by atoms with Crippen molar-refractivity contribution in [1.29, 1.82) is 0 Å². The lowest BCUT2D eigenvalue weighted by molar-refractivity contribution is -0.122. The highest BCUT2D eigenvalue weighted by Crippen LogP contribution is 2.38. The number of carbonyl (C=O) groups is 1. The third-order valence-corrected chi connectivity index (χ3v) is 3.70. The highest BCUT2D eigenvalue weighted by molar-refractivity contribution is 5.83. The van der Waals surface area contributed by atoms with Crippen molar-refractivity contribution in [2.75, 3.05) is 0 Å². The second-order valence-electron chi connectivity index (χ2n) is 4.78. The fourth-order valence-electron chi connectivity index (χ4n) is 2.78. The van der Waals surface area contributed by atoms with Gasteiger partial charge in [-0.1, -0.05) is 13.3 Å². The maximum atomic E-state index is 11.5. The minimum atomic E-state index is 0.410. The standard InChI is InChI=1S/C12H19O/c1-9-5-7-10(8-6-9)11-3-2-4-12(11)13/h7,9-11H,2-6,8H2,1H3. The number of hydrogen-bond acceptors (Lipinski definition) is 1. The van der Waals surface area contributed by atoms with Crippen LogP contribution in [0.4, 0.5) is 0 Å². The number of ketones is 1. The Kier molecular flexibility index (Phi) is 2.71. The zero-order valence-corrected chi connectivity index (χ0v) is 8.46. The Hall–Kier alpha value is -0.330. The van der Waals surface area contributed by atoms with Crippen molar-refractivity contribution in [2.24, 2.45) is 17.8 Å². The molecule has 1 heteroatoms. The normalized spacial score (nSPS) is 41.0. The maximum absolute atomic E-state index is 11.5. The Morgan fingerprint density at radius 3 is 2.69 bits per heavy atom. The van der Waals surface area contributed by atoms with Crippen molar-refractivity contribution < 1.29 is 4.79 Å². The molecule has 13 heavy (non-hydrogen) atoms. The summed E-state index contributed by atoms with van der Waals surface area (Å²) in [6.07, 6.45) is 9.39. The molecule has 0 N–H and O–H groups in total. The SMILES string of the molecule is CC1C[CH]C(C2CCCC2=O)CC1. The first-order valence-corrected chi connectivity index (χ1v) is 5.63. The Balaban J connectivity index is 1.90. The van der Waals surface area contributed by atoms with E-state index in [1.165, 1.54) is 19.3 Å². The van der Waals surface area contributed by atoms with E-state index >= 15 is 0 Å². The molecule has 0 bridgehead atoms. The summed E-state index contributed by atoms with van der Waals surface area (Å²) in [6.45, 7) is 2.31. The van der Waals surface area contributed by atoms with Gasteiger partial charge in [0.05, 0.1) is 0 Å². The number of Topliss-reactive ketones (excluding diaryl/α,β-unsaturated/α-hetero) is 1. The smallest absolute Gasteiger partial charge is 0.136 e. The minimum absolute atomic E-state index is 0.410. The van der Waals surface area contributed by atoms with Gasteiger partial charge >= 0.3 is 0 Å². The highest BCUT2D eigenvalue weighted by Gasteiger charge is 2.33. The van der Waals surface area contributed by atoms with Gasteiger partial charge in [0, 0.05) is 12.3 Å². The Bertz CT molecular complexity index is 189. The Morgan fingerprint density at radius 1 is 1.31 bits per heavy atom. The topological polar surface area (TPSA) is 17.1 Å². The quantitative estimate of drug-likeness (QED) is 0.604. The first-order chi connectivity index (χ1) is 6.27. The first kappa shape index (κ1) is 9.23. The molecular formula is C12H19O. The van der Waals surface area contributed by atoms with Gasteiger partial charge in [-0.05, 0) is 43.9 Å². The average molecular weight is 179 g/mol. The molecule has 0 aromatic heterocycles. The molecule has 0 aromatic rings. The van der Waals surface area contributed by atoms with E-state index in [0.717, 1.165) is 25.2 Å². The van der Waals surface area contributed by atoms with E-state index in [-0.39, 0.29) is 0 Å². The summed E-state index contributed by atoms with van der Waals surface area (Å²) in [7, 11) is 0. The van der Waals surface area contributed by atoms with E-state index in [0.29, 0.717) is 17.6 Å². The first-order valence-electron chi connectivity index (χ1n) is 5.63. The van der Waals surface area contributed by atoms with Crippen molar-refractivity contribution in [1.82, 2.24) is 0 Å². The van der Waals surface area contributed by atoms with Gasteiger partial charge in [0.1, 0.15) is 5.78 Å². The summed E-state index contributed by atoms with van der Waals surface area (Å²) in [5.41, 5.74) is 0. The lowest BCUT2D eigenvalue weighted by atomic mass is 9.75. The molecule has 2 aliphatic carbocycles. The van der Waals surface area contributed by atoms with E-state index in [1.54, 1.807) is 0 Å². The van der Waals surface area contributed by atoms with Crippen LogP contribution >= 0.6 is 0 Å². The van der Waals surface area contributed by atoms with E-state index in [9.17, 15) is 4.79 Å². The number of rotatable bonds is 1. The molecule has 73 valence electrons. The van der Waals surface area contributed by atoms with Gasteiger partial charge in [-0.3, -0.25) is 4.79 Å².